The van der Waals surface area contributed by atoms with E-state index in [0.29, 0.717) is 31.4 Å². The SMILES string of the molecule is CN=C(NCc1ccc(C)cc1OC1CCOC1)NCC(C)Oc1cccc(F)c1. The lowest BCUT2D eigenvalue weighted by atomic mass is 10.1. The van der Waals surface area contributed by atoms with Crippen LogP contribution in [-0.4, -0.2) is 45.0 Å². The van der Waals surface area contributed by atoms with Gasteiger partial charge in [0.25, 0.3) is 0 Å². The van der Waals surface area contributed by atoms with Gasteiger partial charge in [0.2, 0.25) is 0 Å². The van der Waals surface area contributed by atoms with Crippen molar-refractivity contribution in [3.05, 3.63) is 59.4 Å². The van der Waals surface area contributed by atoms with Gasteiger partial charge < -0.3 is 24.8 Å². The molecule has 2 unspecified atom stereocenters. The average Bonchev–Trinajstić information content (AvgIpc) is 3.22. The predicted octanol–water partition coefficient (Wildman–Crippen LogP) is 3.43. The maximum absolute atomic E-state index is 13.3. The summed E-state index contributed by atoms with van der Waals surface area (Å²) in [7, 11) is 1.72. The number of aliphatic imine (C=N–C) groups is 1. The van der Waals surface area contributed by atoms with E-state index in [2.05, 4.69) is 40.7 Å². The molecule has 7 heteroatoms. The molecule has 162 valence electrons. The lowest BCUT2D eigenvalue weighted by Gasteiger charge is -2.19. The van der Waals surface area contributed by atoms with Crippen LogP contribution in [0.5, 0.6) is 11.5 Å². The molecule has 0 saturated carbocycles. The lowest BCUT2D eigenvalue weighted by molar-refractivity contribution is 0.140. The summed E-state index contributed by atoms with van der Waals surface area (Å²) in [5, 5.41) is 6.55. The molecule has 0 aromatic heterocycles. The molecule has 0 bridgehead atoms. The lowest BCUT2D eigenvalue weighted by Crippen LogP contribution is -2.41. The highest BCUT2D eigenvalue weighted by Gasteiger charge is 2.19. The quantitative estimate of drug-likeness (QED) is 0.511. The number of nitrogens with one attached hydrogen (secondary N) is 2. The van der Waals surface area contributed by atoms with Crippen LogP contribution in [0.1, 0.15) is 24.5 Å². The average molecular weight is 416 g/mol. The Hall–Kier alpha value is -2.80. The normalized spacial score (nSPS) is 17.5. The zero-order valence-corrected chi connectivity index (χ0v) is 17.8. The molecule has 2 aromatic rings. The first-order valence-corrected chi connectivity index (χ1v) is 10.2. The van der Waals surface area contributed by atoms with Gasteiger partial charge in [-0.25, -0.2) is 4.39 Å². The Morgan fingerprint density at radius 2 is 2.13 bits per heavy atom. The Kier molecular flexibility index (Phi) is 7.90. The molecule has 2 aromatic carbocycles. The molecule has 1 saturated heterocycles. The molecule has 3 rings (SSSR count). The molecule has 0 aliphatic carbocycles. The summed E-state index contributed by atoms with van der Waals surface area (Å²) in [6, 6.07) is 12.3. The summed E-state index contributed by atoms with van der Waals surface area (Å²) < 4.78 is 30.6. The molecule has 0 radical (unpaired) electrons. The van der Waals surface area contributed by atoms with Gasteiger partial charge in [0.1, 0.15) is 29.5 Å². The van der Waals surface area contributed by atoms with Crippen molar-refractivity contribution in [2.45, 2.75) is 39.0 Å². The summed E-state index contributed by atoms with van der Waals surface area (Å²) in [5.41, 5.74) is 2.21. The summed E-state index contributed by atoms with van der Waals surface area (Å²) >= 11 is 0. The number of hydrogen-bond donors (Lipinski definition) is 2. The van der Waals surface area contributed by atoms with Crippen LogP contribution in [0.3, 0.4) is 0 Å². The molecular formula is C23H30FN3O3. The van der Waals surface area contributed by atoms with E-state index in [1.807, 2.05) is 6.92 Å². The molecule has 1 heterocycles. The molecule has 1 fully saturated rings. The van der Waals surface area contributed by atoms with Gasteiger partial charge in [-0.3, -0.25) is 4.99 Å². The molecule has 30 heavy (non-hydrogen) atoms. The summed E-state index contributed by atoms with van der Waals surface area (Å²) in [6.45, 7) is 6.44. The fourth-order valence-corrected chi connectivity index (χ4v) is 3.16. The van der Waals surface area contributed by atoms with Crippen molar-refractivity contribution in [2.75, 3.05) is 26.8 Å². The number of ether oxygens (including phenoxy) is 3. The molecule has 0 amide bonds. The van der Waals surface area contributed by atoms with Gasteiger partial charge in [0.05, 0.1) is 19.8 Å². The number of rotatable bonds is 8. The van der Waals surface area contributed by atoms with Crippen LogP contribution in [0.25, 0.3) is 0 Å². The largest absolute Gasteiger partial charge is 0.489 e. The summed E-state index contributed by atoms with van der Waals surface area (Å²) in [4.78, 5) is 4.26. The number of hydrogen-bond acceptors (Lipinski definition) is 4. The minimum atomic E-state index is -0.314. The maximum Gasteiger partial charge on any atom is 0.191 e. The van der Waals surface area contributed by atoms with E-state index < -0.39 is 0 Å². The second-order valence-corrected chi connectivity index (χ2v) is 7.41. The zero-order valence-electron chi connectivity index (χ0n) is 17.8. The van der Waals surface area contributed by atoms with Crippen LogP contribution < -0.4 is 20.1 Å². The van der Waals surface area contributed by atoms with Crippen molar-refractivity contribution in [2.24, 2.45) is 4.99 Å². The topological polar surface area (TPSA) is 64.1 Å². The van der Waals surface area contributed by atoms with E-state index in [9.17, 15) is 4.39 Å². The van der Waals surface area contributed by atoms with Gasteiger partial charge in [-0.05, 0) is 37.6 Å². The van der Waals surface area contributed by atoms with Crippen molar-refractivity contribution < 1.29 is 18.6 Å². The molecular weight excluding hydrogens is 385 g/mol. The molecule has 2 atom stereocenters. The third-order valence-electron chi connectivity index (χ3n) is 4.76. The van der Waals surface area contributed by atoms with E-state index in [4.69, 9.17) is 14.2 Å². The monoisotopic (exact) mass is 415 g/mol. The number of aryl methyl sites for hydroxylation is 1. The smallest absolute Gasteiger partial charge is 0.191 e. The Morgan fingerprint density at radius 1 is 1.27 bits per heavy atom. The summed E-state index contributed by atoms with van der Waals surface area (Å²) in [6.07, 6.45) is 0.850. The maximum atomic E-state index is 13.3. The van der Waals surface area contributed by atoms with Crippen LogP contribution in [-0.2, 0) is 11.3 Å². The molecule has 1 aliphatic heterocycles. The van der Waals surface area contributed by atoms with E-state index in [1.54, 1.807) is 19.2 Å². The standard InChI is InChI=1S/C23H30FN3O3/c1-16-7-8-18(22(11-16)30-21-9-10-28-15-21)14-27-23(25-3)26-13-17(2)29-20-6-4-5-19(24)12-20/h4-8,11-12,17,21H,9-10,13-15H2,1-3H3,(H2,25,26,27). The van der Waals surface area contributed by atoms with Gasteiger partial charge >= 0.3 is 0 Å². The predicted molar refractivity (Wildman–Crippen MR) is 116 cm³/mol. The number of nitrogens with zero attached hydrogens (tertiary/aromatic N) is 1. The van der Waals surface area contributed by atoms with Crippen LogP contribution in [0.15, 0.2) is 47.5 Å². The Morgan fingerprint density at radius 3 is 2.87 bits per heavy atom. The van der Waals surface area contributed by atoms with Gasteiger partial charge in [-0.1, -0.05) is 18.2 Å². The fraction of sp³-hybridized carbons (Fsp3) is 0.435. The van der Waals surface area contributed by atoms with E-state index in [-0.39, 0.29) is 18.0 Å². The van der Waals surface area contributed by atoms with Gasteiger partial charge in [0.15, 0.2) is 5.96 Å². The van der Waals surface area contributed by atoms with E-state index in [1.165, 1.54) is 12.1 Å². The Bertz CT molecular complexity index is 853. The van der Waals surface area contributed by atoms with Crippen molar-refractivity contribution in [1.29, 1.82) is 0 Å². The van der Waals surface area contributed by atoms with Crippen LogP contribution in [0.2, 0.25) is 0 Å². The van der Waals surface area contributed by atoms with Gasteiger partial charge in [-0.2, -0.15) is 0 Å². The van der Waals surface area contributed by atoms with Gasteiger partial charge in [0, 0.05) is 31.6 Å². The van der Waals surface area contributed by atoms with Crippen LogP contribution in [0, 0.1) is 12.7 Å². The molecule has 6 nitrogen and oxygen atoms in total. The van der Waals surface area contributed by atoms with Gasteiger partial charge in [-0.15, -0.1) is 0 Å². The highest BCUT2D eigenvalue weighted by atomic mass is 19.1. The van der Waals surface area contributed by atoms with Crippen molar-refractivity contribution >= 4 is 5.96 Å². The first-order valence-electron chi connectivity index (χ1n) is 10.2. The number of benzene rings is 2. The molecule has 0 spiro atoms. The number of halogens is 1. The van der Waals surface area contributed by atoms with Crippen molar-refractivity contribution in [3.63, 3.8) is 0 Å². The Labute approximate surface area is 177 Å². The first kappa shape index (κ1) is 21.9. The van der Waals surface area contributed by atoms with Crippen LogP contribution in [0.4, 0.5) is 4.39 Å². The third-order valence-corrected chi connectivity index (χ3v) is 4.76. The second kappa shape index (κ2) is 10.8. The van der Waals surface area contributed by atoms with E-state index in [0.717, 1.165) is 29.9 Å². The molecule has 1 aliphatic rings. The van der Waals surface area contributed by atoms with Crippen molar-refractivity contribution in [3.8, 4) is 11.5 Å². The summed E-state index contributed by atoms with van der Waals surface area (Å²) in [5.74, 6) is 1.71. The number of guanidine groups is 1. The fourth-order valence-electron chi connectivity index (χ4n) is 3.16. The molecule has 2 N–H and O–H groups in total. The van der Waals surface area contributed by atoms with Crippen molar-refractivity contribution in [1.82, 2.24) is 10.6 Å². The first-order chi connectivity index (χ1) is 14.5. The van der Waals surface area contributed by atoms with E-state index >= 15 is 0 Å². The third kappa shape index (κ3) is 6.62. The second-order valence-electron chi connectivity index (χ2n) is 7.41. The minimum absolute atomic E-state index is 0.101. The highest BCUT2D eigenvalue weighted by Crippen LogP contribution is 2.23. The highest BCUT2D eigenvalue weighted by molar-refractivity contribution is 5.79. The Balaban J connectivity index is 1.51. The van der Waals surface area contributed by atoms with Crippen LogP contribution >= 0.6 is 0 Å². The minimum Gasteiger partial charge on any atom is -0.489 e. The zero-order chi connectivity index (χ0) is 21.3.